The molecule has 1 N–H and O–H groups in total. The van der Waals surface area contributed by atoms with E-state index in [-0.39, 0.29) is 0 Å². The topological polar surface area (TPSA) is 51.0 Å². The van der Waals surface area contributed by atoms with Gasteiger partial charge in [-0.2, -0.15) is 0 Å². The number of benzene rings is 2. The Morgan fingerprint density at radius 1 is 1.05 bits per heavy atom. The van der Waals surface area contributed by atoms with Crippen LogP contribution >= 0.6 is 0 Å². The molecular formula is C16H17N3O. The fraction of sp³-hybridized carbons (Fsp3) is 0.250. The Labute approximate surface area is 117 Å². The third-order valence-electron chi connectivity index (χ3n) is 3.19. The molecule has 0 aliphatic heterocycles. The van der Waals surface area contributed by atoms with Crippen LogP contribution in [-0.4, -0.2) is 16.7 Å². The maximum Gasteiger partial charge on any atom is 0.248 e. The average Bonchev–Trinajstić information content (AvgIpc) is 2.96. The lowest BCUT2D eigenvalue weighted by Gasteiger charge is -2.02. The first-order chi connectivity index (χ1) is 9.88. The van der Waals surface area contributed by atoms with E-state index in [1.54, 1.807) is 0 Å². The summed E-state index contributed by atoms with van der Waals surface area (Å²) in [7, 11) is 0. The maximum atomic E-state index is 5.74. The van der Waals surface area contributed by atoms with E-state index >= 15 is 0 Å². The van der Waals surface area contributed by atoms with Crippen LogP contribution in [0.15, 0.2) is 46.9 Å². The summed E-state index contributed by atoms with van der Waals surface area (Å²) < 4.78 is 5.74. The van der Waals surface area contributed by atoms with E-state index < -0.39 is 0 Å². The van der Waals surface area contributed by atoms with Crippen molar-refractivity contribution in [1.82, 2.24) is 15.5 Å². The molecule has 0 aliphatic carbocycles. The van der Waals surface area contributed by atoms with Crippen molar-refractivity contribution in [2.45, 2.75) is 19.9 Å². The predicted molar refractivity (Wildman–Crippen MR) is 79.2 cm³/mol. The largest absolute Gasteiger partial charge is 0.419 e. The van der Waals surface area contributed by atoms with Crippen LogP contribution in [0.4, 0.5) is 0 Å². The highest BCUT2D eigenvalue weighted by atomic mass is 16.4. The fourth-order valence-corrected chi connectivity index (χ4v) is 2.22. The van der Waals surface area contributed by atoms with Crippen molar-refractivity contribution >= 4 is 10.8 Å². The summed E-state index contributed by atoms with van der Waals surface area (Å²) in [6.07, 6.45) is 1.09. The first-order valence-corrected chi connectivity index (χ1v) is 6.89. The molecule has 0 amide bonds. The molecule has 1 heterocycles. The summed E-state index contributed by atoms with van der Waals surface area (Å²) in [5.41, 5.74) is 0.984. The van der Waals surface area contributed by atoms with Crippen molar-refractivity contribution in [2.75, 3.05) is 6.54 Å². The molecule has 2 aromatic carbocycles. The minimum atomic E-state index is 0.579. The van der Waals surface area contributed by atoms with Crippen molar-refractivity contribution in [3.8, 4) is 11.5 Å². The molecule has 4 heteroatoms. The van der Waals surface area contributed by atoms with Crippen molar-refractivity contribution in [3.05, 3.63) is 48.4 Å². The quantitative estimate of drug-likeness (QED) is 0.720. The number of aromatic nitrogens is 2. The molecule has 3 aromatic rings. The van der Waals surface area contributed by atoms with Gasteiger partial charge in [0.2, 0.25) is 11.8 Å². The highest BCUT2D eigenvalue weighted by molar-refractivity contribution is 5.94. The summed E-state index contributed by atoms with van der Waals surface area (Å²) in [5.74, 6) is 1.21. The van der Waals surface area contributed by atoms with Crippen LogP contribution < -0.4 is 5.32 Å². The van der Waals surface area contributed by atoms with E-state index in [4.69, 9.17) is 4.42 Å². The zero-order valence-electron chi connectivity index (χ0n) is 11.5. The molecule has 20 heavy (non-hydrogen) atoms. The summed E-state index contributed by atoms with van der Waals surface area (Å²) >= 11 is 0. The molecule has 0 bridgehead atoms. The number of nitrogens with one attached hydrogen (secondary N) is 1. The third-order valence-corrected chi connectivity index (χ3v) is 3.19. The van der Waals surface area contributed by atoms with Gasteiger partial charge in [0.15, 0.2) is 0 Å². The lowest BCUT2D eigenvalue weighted by atomic mass is 10.0. The van der Waals surface area contributed by atoms with Gasteiger partial charge in [0, 0.05) is 5.56 Å². The van der Waals surface area contributed by atoms with Crippen LogP contribution in [0.1, 0.15) is 19.2 Å². The predicted octanol–water partition coefficient (Wildman–Crippen LogP) is 3.39. The van der Waals surface area contributed by atoms with E-state index in [1.165, 1.54) is 5.39 Å². The Kier molecular flexibility index (Phi) is 3.74. The van der Waals surface area contributed by atoms with Gasteiger partial charge in [0.25, 0.3) is 0 Å². The molecule has 102 valence electrons. The molecular weight excluding hydrogens is 250 g/mol. The van der Waals surface area contributed by atoms with Gasteiger partial charge < -0.3 is 9.73 Å². The second kappa shape index (κ2) is 5.84. The van der Waals surface area contributed by atoms with Crippen molar-refractivity contribution < 1.29 is 4.42 Å². The number of rotatable bonds is 5. The van der Waals surface area contributed by atoms with Crippen LogP contribution in [0, 0.1) is 0 Å². The molecule has 4 nitrogen and oxygen atoms in total. The van der Waals surface area contributed by atoms with Gasteiger partial charge in [-0.25, -0.2) is 0 Å². The van der Waals surface area contributed by atoms with E-state index in [0.29, 0.717) is 18.3 Å². The van der Waals surface area contributed by atoms with Gasteiger partial charge in [-0.1, -0.05) is 43.3 Å². The average molecular weight is 267 g/mol. The Balaban J connectivity index is 1.91. The monoisotopic (exact) mass is 267 g/mol. The van der Waals surface area contributed by atoms with Crippen molar-refractivity contribution in [2.24, 2.45) is 0 Å². The van der Waals surface area contributed by atoms with Crippen LogP contribution in [0.3, 0.4) is 0 Å². The summed E-state index contributed by atoms with van der Waals surface area (Å²) in [6, 6.07) is 14.3. The van der Waals surface area contributed by atoms with Gasteiger partial charge in [0.05, 0.1) is 6.54 Å². The summed E-state index contributed by atoms with van der Waals surface area (Å²) in [5, 5.41) is 13.8. The molecule has 0 spiro atoms. The van der Waals surface area contributed by atoms with Gasteiger partial charge >= 0.3 is 0 Å². The van der Waals surface area contributed by atoms with E-state index in [9.17, 15) is 0 Å². The van der Waals surface area contributed by atoms with Gasteiger partial charge in [0.1, 0.15) is 0 Å². The molecule has 3 rings (SSSR count). The Bertz CT molecular complexity index is 700. The highest BCUT2D eigenvalue weighted by Gasteiger charge is 2.10. The summed E-state index contributed by atoms with van der Waals surface area (Å²) in [6.45, 7) is 3.69. The second-order valence-corrected chi connectivity index (χ2v) is 4.70. The van der Waals surface area contributed by atoms with Crippen LogP contribution in [-0.2, 0) is 6.54 Å². The van der Waals surface area contributed by atoms with E-state index in [1.807, 2.05) is 24.3 Å². The molecule has 0 atom stereocenters. The first-order valence-electron chi connectivity index (χ1n) is 6.89. The lowest BCUT2D eigenvalue weighted by molar-refractivity contribution is 0.478. The van der Waals surface area contributed by atoms with Crippen LogP contribution in [0.5, 0.6) is 0 Å². The SMILES string of the molecule is CCCNCc1nnc(-c2cccc3ccccc23)o1. The molecule has 0 saturated heterocycles. The Morgan fingerprint density at radius 2 is 1.90 bits per heavy atom. The van der Waals surface area contributed by atoms with Crippen LogP contribution in [0.25, 0.3) is 22.2 Å². The summed E-state index contributed by atoms with van der Waals surface area (Å²) in [4.78, 5) is 0. The highest BCUT2D eigenvalue weighted by Crippen LogP contribution is 2.27. The molecule has 0 saturated carbocycles. The lowest BCUT2D eigenvalue weighted by Crippen LogP contribution is -2.13. The standard InChI is InChI=1S/C16H17N3O/c1-2-10-17-11-15-18-19-16(20-15)14-9-5-7-12-6-3-4-8-13(12)14/h3-9,17H,2,10-11H2,1H3. The molecule has 0 radical (unpaired) electrons. The Morgan fingerprint density at radius 3 is 2.80 bits per heavy atom. The number of nitrogens with zero attached hydrogens (tertiary/aromatic N) is 2. The van der Waals surface area contributed by atoms with Crippen LogP contribution in [0.2, 0.25) is 0 Å². The number of hydrogen-bond donors (Lipinski definition) is 1. The zero-order chi connectivity index (χ0) is 13.8. The van der Waals surface area contributed by atoms with Crippen molar-refractivity contribution in [3.63, 3.8) is 0 Å². The van der Waals surface area contributed by atoms with E-state index in [2.05, 4.69) is 40.6 Å². The molecule has 0 unspecified atom stereocenters. The normalized spacial score (nSPS) is 11.1. The molecule has 0 aliphatic rings. The number of hydrogen-bond acceptors (Lipinski definition) is 4. The minimum Gasteiger partial charge on any atom is -0.419 e. The first kappa shape index (κ1) is 12.8. The number of fused-ring (bicyclic) bond motifs is 1. The van der Waals surface area contributed by atoms with E-state index in [0.717, 1.165) is 23.9 Å². The van der Waals surface area contributed by atoms with Crippen molar-refractivity contribution in [1.29, 1.82) is 0 Å². The second-order valence-electron chi connectivity index (χ2n) is 4.70. The third kappa shape index (κ3) is 2.56. The molecule has 0 fully saturated rings. The zero-order valence-corrected chi connectivity index (χ0v) is 11.5. The molecule has 1 aromatic heterocycles. The fourth-order valence-electron chi connectivity index (χ4n) is 2.22. The van der Waals surface area contributed by atoms with Gasteiger partial charge in [-0.05, 0) is 29.8 Å². The minimum absolute atomic E-state index is 0.579. The Hall–Kier alpha value is -2.20. The van der Waals surface area contributed by atoms with Gasteiger partial charge in [-0.15, -0.1) is 10.2 Å². The smallest absolute Gasteiger partial charge is 0.248 e. The van der Waals surface area contributed by atoms with Gasteiger partial charge in [-0.3, -0.25) is 0 Å². The maximum absolute atomic E-state index is 5.74.